The van der Waals surface area contributed by atoms with Crippen molar-refractivity contribution in [2.75, 3.05) is 39.8 Å². The van der Waals surface area contributed by atoms with Crippen molar-refractivity contribution in [2.45, 2.75) is 11.3 Å². The Morgan fingerprint density at radius 3 is 2.45 bits per heavy atom. The van der Waals surface area contributed by atoms with Crippen molar-refractivity contribution < 1.29 is 17.9 Å². The number of benzene rings is 1. The van der Waals surface area contributed by atoms with Gasteiger partial charge in [0.25, 0.3) is 0 Å². The molecule has 8 heteroatoms. The fourth-order valence-corrected chi connectivity index (χ4v) is 4.72. The first kappa shape index (κ1) is 17.4. The van der Waals surface area contributed by atoms with Crippen LogP contribution in [0, 0.1) is 0 Å². The molecule has 2 rings (SSSR count). The number of sulfonamides is 1. The normalized spacial score (nSPS) is 17.4. The van der Waals surface area contributed by atoms with E-state index in [0.717, 1.165) is 0 Å². The fourth-order valence-electron chi connectivity index (χ4n) is 2.34. The molecule has 0 unspecified atom stereocenters. The standard InChI is InChI=1S/C14H19BrN2O4S/c1-21-14(18)6-7-16-8-10-17(11-9-16)22(19,20)13-5-3-2-4-12(13)15/h2-5H,6-11H2,1H3. The summed E-state index contributed by atoms with van der Waals surface area (Å²) in [5.74, 6) is -0.247. The van der Waals surface area contributed by atoms with E-state index < -0.39 is 10.0 Å². The summed E-state index contributed by atoms with van der Waals surface area (Å²) >= 11 is 3.29. The number of hydrogen-bond donors (Lipinski definition) is 0. The lowest BCUT2D eigenvalue weighted by Gasteiger charge is -2.33. The van der Waals surface area contributed by atoms with E-state index in [2.05, 4.69) is 25.6 Å². The summed E-state index contributed by atoms with van der Waals surface area (Å²) in [5, 5.41) is 0. The van der Waals surface area contributed by atoms with Gasteiger partial charge in [0.2, 0.25) is 10.0 Å². The van der Waals surface area contributed by atoms with E-state index in [9.17, 15) is 13.2 Å². The van der Waals surface area contributed by atoms with E-state index in [0.29, 0.717) is 43.6 Å². The van der Waals surface area contributed by atoms with Crippen molar-refractivity contribution in [1.29, 1.82) is 0 Å². The number of rotatable bonds is 5. The molecule has 0 bridgehead atoms. The third-order valence-electron chi connectivity index (χ3n) is 3.65. The molecule has 1 fully saturated rings. The number of carbonyl (C=O) groups is 1. The quantitative estimate of drug-likeness (QED) is 0.709. The van der Waals surface area contributed by atoms with Gasteiger partial charge in [0, 0.05) is 37.2 Å². The van der Waals surface area contributed by atoms with Gasteiger partial charge in [-0.1, -0.05) is 12.1 Å². The molecule has 0 radical (unpaired) electrons. The van der Waals surface area contributed by atoms with Gasteiger partial charge in [-0.05, 0) is 28.1 Å². The Balaban J connectivity index is 1.96. The first-order valence-corrected chi connectivity index (χ1v) is 9.22. The molecule has 1 aromatic rings. The molecule has 22 heavy (non-hydrogen) atoms. The SMILES string of the molecule is COC(=O)CCN1CCN(S(=O)(=O)c2ccccc2Br)CC1. The minimum absolute atomic E-state index is 0.247. The van der Waals surface area contributed by atoms with Crippen LogP contribution in [0.4, 0.5) is 0 Å². The highest BCUT2D eigenvalue weighted by Crippen LogP contribution is 2.25. The number of carbonyl (C=O) groups excluding carboxylic acids is 1. The maximum Gasteiger partial charge on any atom is 0.306 e. The first-order valence-electron chi connectivity index (χ1n) is 6.99. The molecule has 0 amide bonds. The molecule has 0 atom stereocenters. The van der Waals surface area contributed by atoms with Crippen LogP contribution in [0.15, 0.2) is 33.6 Å². The lowest BCUT2D eigenvalue weighted by Crippen LogP contribution is -2.49. The fraction of sp³-hybridized carbons (Fsp3) is 0.500. The molecular formula is C14H19BrN2O4S. The van der Waals surface area contributed by atoms with Crippen LogP contribution in [0.2, 0.25) is 0 Å². The molecule has 6 nitrogen and oxygen atoms in total. The molecule has 0 spiro atoms. The Morgan fingerprint density at radius 2 is 1.86 bits per heavy atom. The molecule has 1 heterocycles. The highest BCUT2D eigenvalue weighted by molar-refractivity contribution is 9.10. The zero-order valence-electron chi connectivity index (χ0n) is 12.4. The van der Waals surface area contributed by atoms with E-state index in [1.807, 2.05) is 0 Å². The van der Waals surface area contributed by atoms with Gasteiger partial charge in [-0.2, -0.15) is 4.31 Å². The van der Waals surface area contributed by atoms with Gasteiger partial charge < -0.3 is 9.64 Å². The predicted octanol–water partition coefficient (Wildman–Crippen LogP) is 1.32. The van der Waals surface area contributed by atoms with E-state index >= 15 is 0 Å². The molecule has 0 saturated carbocycles. The van der Waals surface area contributed by atoms with Gasteiger partial charge in [-0.15, -0.1) is 0 Å². The first-order chi connectivity index (χ1) is 10.4. The highest BCUT2D eigenvalue weighted by atomic mass is 79.9. The molecule has 0 N–H and O–H groups in total. The largest absolute Gasteiger partial charge is 0.469 e. The van der Waals surface area contributed by atoms with Crippen LogP contribution >= 0.6 is 15.9 Å². The lowest BCUT2D eigenvalue weighted by atomic mass is 10.3. The third kappa shape index (κ3) is 4.07. The second-order valence-corrected chi connectivity index (χ2v) is 7.76. The zero-order chi connectivity index (χ0) is 16.2. The number of piperazine rings is 1. The van der Waals surface area contributed by atoms with Crippen molar-refractivity contribution in [3.8, 4) is 0 Å². The number of hydrogen-bond acceptors (Lipinski definition) is 5. The van der Waals surface area contributed by atoms with Gasteiger partial charge in [-0.25, -0.2) is 8.42 Å². The van der Waals surface area contributed by atoms with E-state index in [1.165, 1.54) is 11.4 Å². The molecular weight excluding hydrogens is 372 g/mol. The molecule has 1 aliphatic rings. The molecule has 1 aromatic carbocycles. The van der Waals surface area contributed by atoms with E-state index in [4.69, 9.17) is 0 Å². The summed E-state index contributed by atoms with van der Waals surface area (Å²) in [6.07, 6.45) is 0.327. The van der Waals surface area contributed by atoms with Crippen LogP contribution in [0.1, 0.15) is 6.42 Å². The molecule has 1 saturated heterocycles. The predicted molar refractivity (Wildman–Crippen MR) is 86.0 cm³/mol. The maximum atomic E-state index is 12.6. The Morgan fingerprint density at radius 1 is 1.23 bits per heavy atom. The van der Waals surface area contributed by atoms with Crippen LogP contribution < -0.4 is 0 Å². The second kappa shape index (κ2) is 7.54. The van der Waals surface area contributed by atoms with E-state index in [1.54, 1.807) is 24.3 Å². The van der Waals surface area contributed by atoms with Crippen molar-refractivity contribution >= 4 is 31.9 Å². The maximum absolute atomic E-state index is 12.6. The lowest BCUT2D eigenvalue weighted by molar-refractivity contribution is -0.141. The van der Waals surface area contributed by atoms with Crippen LogP contribution in [0.25, 0.3) is 0 Å². The zero-order valence-corrected chi connectivity index (χ0v) is 14.8. The molecule has 1 aliphatic heterocycles. The monoisotopic (exact) mass is 390 g/mol. The van der Waals surface area contributed by atoms with Gasteiger partial charge in [0.1, 0.15) is 0 Å². The number of esters is 1. The number of ether oxygens (including phenoxy) is 1. The topological polar surface area (TPSA) is 66.9 Å². The minimum atomic E-state index is -3.48. The van der Waals surface area contributed by atoms with Gasteiger partial charge >= 0.3 is 5.97 Å². The highest BCUT2D eigenvalue weighted by Gasteiger charge is 2.29. The number of nitrogens with zero attached hydrogens (tertiary/aromatic N) is 2. The van der Waals surface area contributed by atoms with Crippen molar-refractivity contribution in [1.82, 2.24) is 9.21 Å². The minimum Gasteiger partial charge on any atom is -0.469 e. The second-order valence-electron chi connectivity index (χ2n) is 5.00. The molecule has 0 aromatic heterocycles. The van der Waals surface area contributed by atoms with Crippen molar-refractivity contribution in [3.05, 3.63) is 28.7 Å². The van der Waals surface area contributed by atoms with Gasteiger partial charge in [0.05, 0.1) is 18.4 Å². The van der Waals surface area contributed by atoms with Crippen LogP contribution in [0.5, 0.6) is 0 Å². The van der Waals surface area contributed by atoms with Crippen molar-refractivity contribution in [2.24, 2.45) is 0 Å². The van der Waals surface area contributed by atoms with Gasteiger partial charge in [-0.3, -0.25) is 4.79 Å². The summed E-state index contributed by atoms with van der Waals surface area (Å²) in [5.41, 5.74) is 0. The van der Waals surface area contributed by atoms with Gasteiger partial charge in [0.15, 0.2) is 0 Å². The summed E-state index contributed by atoms with van der Waals surface area (Å²) in [6, 6.07) is 6.82. The van der Waals surface area contributed by atoms with E-state index in [-0.39, 0.29) is 10.9 Å². The van der Waals surface area contributed by atoms with Crippen LogP contribution in [-0.2, 0) is 19.6 Å². The average molecular weight is 391 g/mol. The number of halogens is 1. The summed E-state index contributed by atoms with van der Waals surface area (Å²) in [6.45, 7) is 2.66. The summed E-state index contributed by atoms with van der Waals surface area (Å²) in [4.78, 5) is 13.5. The number of methoxy groups -OCH3 is 1. The van der Waals surface area contributed by atoms with Crippen LogP contribution in [0.3, 0.4) is 0 Å². The Kier molecular flexibility index (Phi) is 5.96. The van der Waals surface area contributed by atoms with Crippen LogP contribution in [-0.4, -0.2) is 63.4 Å². The summed E-state index contributed by atoms with van der Waals surface area (Å²) in [7, 11) is -2.12. The third-order valence-corrected chi connectivity index (χ3v) is 6.56. The molecule has 0 aliphatic carbocycles. The summed E-state index contributed by atoms with van der Waals surface area (Å²) < 4.78 is 31.9. The Bertz CT molecular complexity index is 627. The smallest absolute Gasteiger partial charge is 0.306 e. The molecule has 122 valence electrons. The van der Waals surface area contributed by atoms with Crippen molar-refractivity contribution in [3.63, 3.8) is 0 Å². The average Bonchev–Trinajstić information content (AvgIpc) is 2.53. The Hall–Kier alpha value is -0.960. The Labute approximate surface area is 139 Å².